The second-order valence-corrected chi connectivity index (χ2v) is 20.6. The molecule has 0 bridgehead atoms. The second-order valence-electron chi connectivity index (χ2n) is 20.6. The molecule has 0 aromatic rings. The monoisotopic (exact) mass is 1050 g/mol. The Morgan fingerprint density at radius 1 is 0.276 bits per heavy atom. The average molecular weight is 1050 g/mol. The van der Waals surface area contributed by atoms with Crippen LogP contribution in [0, 0.1) is 0 Å². The van der Waals surface area contributed by atoms with Crippen LogP contribution in [-0.2, 0) is 28.6 Å². The van der Waals surface area contributed by atoms with Crippen LogP contribution < -0.4 is 0 Å². The Balaban J connectivity index is 4.27. The first kappa shape index (κ1) is 71.8. The minimum absolute atomic E-state index is 0.0904. The molecule has 432 valence electrons. The Hall–Kier alpha value is -4.19. The van der Waals surface area contributed by atoms with Gasteiger partial charge >= 0.3 is 17.9 Å². The molecule has 0 aromatic carbocycles. The molecule has 0 aliphatic carbocycles. The van der Waals surface area contributed by atoms with Crippen LogP contribution in [0.4, 0.5) is 0 Å². The topological polar surface area (TPSA) is 78.9 Å². The number of rotatable bonds is 56. The minimum Gasteiger partial charge on any atom is -0.462 e. The number of ether oxygens (including phenoxy) is 3. The van der Waals surface area contributed by atoms with E-state index in [0.717, 1.165) is 154 Å². The van der Waals surface area contributed by atoms with Crippen LogP contribution in [0.15, 0.2) is 122 Å². The predicted octanol–water partition coefficient (Wildman–Crippen LogP) is 21.6. The molecular weight excluding hydrogens is 937 g/mol. The summed E-state index contributed by atoms with van der Waals surface area (Å²) in [4.78, 5) is 38.2. The van der Waals surface area contributed by atoms with Crippen molar-refractivity contribution in [3.05, 3.63) is 122 Å². The first-order chi connectivity index (χ1) is 37.5. The van der Waals surface area contributed by atoms with E-state index in [2.05, 4.69) is 142 Å². The lowest BCUT2D eigenvalue weighted by molar-refractivity contribution is -0.167. The van der Waals surface area contributed by atoms with Crippen molar-refractivity contribution in [3.63, 3.8) is 0 Å². The van der Waals surface area contributed by atoms with Gasteiger partial charge in [-0.25, -0.2) is 0 Å². The van der Waals surface area contributed by atoms with Gasteiger partial charge in [0, 0.05) is 19.3 Å². The van der Waals surface area contributed by atoms with Gasteiger partial charge in [-0.1, -0.05) is 258 Å². The lowest BCUT2D eigenvalue weighted by Gasteiger charge is -2.18. The van der Waals surface area contributed by atoms with E-state index in [-0.39, 0.29) is 31.1 Å². The fourth-order valence-electron chi connectivity index (χ4n) is 8.46. The van der Waals surface area contributed by atoms with Gasteiger partial charge in [0.25, 0.3) is 0 Å². The normalized spacial score (nSPS) is 12.9. The van der Waals surface area contributed by atoms with Gasteiger partial charge < -0.3 is 14.2 Å². The summed E-state index contributed by atoms with van der Waals surface area (Å²) in [6.45, 7) is 6.43. The molecule has 6 heteroatoms. The average Bonchev–Trinajstić information content (AvgIpc) is 3.42. The summed E-state index contributed by atoms with van der Waals surface area (Å²) in [5.74, 6) is -0.917. The molecule has 0 fully saturated rings. The van der Waals surface area contributed by atoms with Crippen molar-refractivity contribution in [3.8, 4) is 0 Å². The summed E-state index contributed by atoms with van der Waals surface area (Å²) in [5, 5.41) is 0. The maximum absolute atomic E-state index is 12.9. The molecule has 76 heavy (non-hydrogen) atoms. The van der Waals surface area contributed by atoms with Crippen molar-refractivity contribution in [2.75, 3.05) is 13.2 Å². The van der Waals surface area contributed by atoms with Crippen LogP contribution in [0.5, 0.6) is 0 Å². The minimum atomic E-state index is -0.793. The third-order valence-corrected chi connectivity index (χ3v) is 13.2. The Morgan fingerprint density at radius 3 is 0.868 bits per heavy atom. The maximum Gasteiger partial charge on any atom is 0.306 e. The fourth-order valence-corrected chi connectivity index (χ4v) is 8.46. The van der Waals surface area contributed by atoms with Gasteiger partial charge in [-0.3, -0.25) is 14.4 Å². The van der Waals surface area contributed by atoms with Crippen LogP contribution in [0.2, 0.25) is 0 Å². The fraction of sp³-hybridized carbons (Fsp3) is 0.671. The summed E-state index contributed by atoms with van der Waals surface area (Å²) >= 11 is 0. The Labute approximate surface area is 469 Å². The highest BCUT2D eigenvalue weighted by Gasteiger charge is 2.19. The zero-order valence-electron chi connectivity index (χ0n) is 49.5. The molecule has 0 amide bonds. The van der Waals surface area contributed by atoms with E-state index in [0.29, 0.717) is 19.3 Å². The first-order valence-electron chi connectivity index (χ1n) is 31.5. The number of carbonyl (C=O) groups excluding carboxylic acids is 3. The summed E-state index contributed by atoms with van der Waals surface area (Å²) in [6, 6.07) is 0. The zero-order chi connectivity index (χ0) is 55.0. The van der Waals surface area contributed by atoms with Crippen molar-refractivity contribution in [2.24, 2.45) is 0 Å². The van der Waals surface area contributed by atoms with Crippen LogP contribution in [0.25, 0.3) is 0 Å². The van der Waals surface area contributed by atoms with Gasteiger partial charge in [-0.2, -0.15) is 0 Å². The molecule has 0 aliphatic rings. The van der Waals surface area contributed by atoms with Gasteiger partial charge in [0.05, 0.1) is 0 Å². The lowest BCUT2D eigenvalue weighted by atomic mass is 10.1. The number of carbonyl (C=O) groups is 3. The Kier molecular flexibility index (Phi) is 59.9. The highest BCUT2D eigenvalue weighted by atomic mass is 16.6. The molecule has 0 N–H and O–H groups in total. The van der Waals surface area contributed by atoms with E-state index in [9.17, 15) is 14.4 Å². The molecule has 1 atom stereocenters. The summed E-state index contributed by atoms with van der Waals surface area (Å²) in [7, 11) is 0. The second kappa shape index (κ2) is 63.3. The van der Waals surface area contributed by atoms with Crippen molar-refractivity contribution in [1.82, 2.24) is 0 Å². The van der Waals surface area contributed by atoms with Crippen molar-refractivity contribution in [1.29, 1.82) is 0 Å². The Morgan fingerprint density at radius 2 is 0.539 bits per heavy atom. The molecule has 0 aliphatic heterocycles. The molecule has 0 aromatic heterocycles. The lowest BCUT2D eigenvalue weighted by Crippen LogP contribution is -2.30. The van der Waals surface area contributed by atoms with E-state index in [1.165, 1.54) is 89.9 Å². The first-order valence-corrected chi connectivity index (χ1v) is 31.5. The van der Waals surface area contributed by atoms with Crippen LogP contribution in [0.1, 0.15) is 284 Å². The van der Waals surface area contributed by atoms with E-state index >= 15 is 0 Å². The third-order valence-electron chi connectivity index (χ3n) is 13.2. The van der Waals surface area contributed by atoms with Crippen molar-refractivity contribution >= 4 is 17.9 Å². The van der Waals surface area contributed by atoms with Gasteiger partial charge in [0.1, 0.15) is 13.2 Å². The molecule has 0 rings (SSSR count). The molecule has 0 saturated heterocycles. The van der Waals surface area contributed by atoms with Crippen molar-refractivity contribution in [2.45, 2.75) is 290 Å². The smallest absolute Gasteiger partial charge is 0.306 e. The highest BCUT2D eigenvalue weighted by molar-refractivity contribution is 5.71. The predicted molar refractivity (Wildman–Crippen MR) is 330 cm³/mol. The quantitative estimate of drug-likeness (QED) is 0.0261. The molecule has 6 nitrogen and oxygen atoms in total. The number of esters is 3. The van der Waals surface area contributed by atoms with E-state index in [4.69, 9.17) is 14.2 Å². The molecular formula is C70H116O6. The highest BCUT2D eigenvalue weighted by Crippen LogP contribution is 2.15. The van der Waals surface area contributed by atoms with E-state index < -0.39 is 6.10 Å². The standard InChI is InChI=1S/C70H116O6/c1-4-7-10-13-16-19-22-25-27-28-29-30-31-32-33-34-35-36-37-38-39-40-41-42-43-46-48-51-54-57-60-63-69(72)75-66-67(65-74-68(71)62-59-56-53-50-47-44-24-21-18-15-12-9-6-3)76-70(73)64-61-58-55-52-49-45-26-23-20-17-14-11-8-5-2/h7,10,12,15-16,19,21,23-27,29-30,32-33,35-36,38-39,67H,4-6,8-9,11,13-14,17-18,20,22,28,31,34,37,40-66H2,1-3H3/b10-7-,15-12-,19-16-,24-21-,26-23-,27-25-,30-29-,33-32-,36-35-,39-38-. The van der Waals surface area contributed by atoms with Gasteiger partial charge in [0.15, 0.2) is 6.10 Å². The van der Waals surface area contributed by atoms with E-state index in [1.54, 1.807) is 0 Å². The van der Waals surface area contributed by atoms with Crippen LogP contribution in [0.3, 0.4) is 0 Å². The van der Waals surface area contributed by atoms with E-state index in [1.807, 2.05) is 0 Å². The molecule has 0 saturated carbocycles. The molecule has 0 radical (unpaired) electrons. The maximum atomic E-state index is 12.9. The van der Waals surface area contributed by atoms with Gasteiger partial charge in [-0.15, -0.1) is 0 Å². The number of hydrogen-bond acceptors (Lipinski definition) is 6. The SMILES string of the molecule is CC/C=C\C/C=C\C/C=C\C/C=C\C/C=C\C/C=C\C/C=C\CCCCCCCCCCCC(=O)OCC(COC(=O)CCCCCCC/C=C\C/C=C\CCC)OC(=O)CCCCCCC/C=C\CCCCCCC. The van der Waals surface area contributed by atoms with Crippen LogP contribution >= 0.6 is 0 Å². The summed E-state index contributed by atoms with van der Waals surface area (Å²) < 4.78 is 16.9. The summed E-state index contributed by atoms with van der Waals surface area (Å²) in [5.41, 5.74) is 0. The number of unbranched alkanes of at least 4 members (excludes halogenated alkanes) is 25. The van der Waals surface area contributed by atoms with Gasteiger partial charge in [0.2, 0.25) is 0 Å². The molecule has 1 unspecified atom stereocenters. The van der Waals surface area contributed by atoms with Crippen LogP contribution in [-0.4, -0.2) is 37.2 Å². The number of allylic oxidation sites excluding steroid dienone is 20. The third kappa shape index (κ3) is 60.7. The van der Waals surface area contributed by atoms with Gasteiger partial charge in [-0.05, 0) is 128 Å². The molecule has 0 spiro atoms. The summed E-state index contributed by atoms with van der Waals surface area (Å²) in [6.07, 6.45) is 87.7. The van der Waals surface area contributed by atoms with Crippen molar-refractivity contribution < 1.29 is 28.6 Å². The zero-order valence-corrected chi connectivity index (χ0v) is 49.5. The Bertz CT molecular complexity index is 1590. The number of hydrogen-bond donors (Lipinski definition) is 0. The largest absolute Gasteiger partial charge is 0.462 e. The molecule has 0 heterocycles.